The highest BCUT2D eigenvalue weighted by molar-refractivity contribution is 5.82. The Balaban J connectivity index is 1.47. The minimum atomic E-state index is -2.81. The second kappa shape index (κ2) is 7.41. The van der Waals surface area contributed by atoms with Crippen LogP contribution < -0.4 is 10.1 Å². The molecule has 3 rings (SSSR count). The third-order valence-corrected chi connectivity index (χ3v) is 4.28. The largest absolute Gasteiger partial charge is 0.492 e. The van der Waals surface area contributed by atoms with E-state index in [0.717, 1.165) is 11.1 Å². The molecule has 1 amide bonds. The number of likely N-dealkylation sites (tertiary alicyclic amines) is 1. The van der Waals surface area contributed by atoms with E-state index in [4.69, 9.17) is 4.74 Å². The van der Waals surface area contributed by atoms with Crippen molar-refractivity contribution in [2.75, 3.05) is 26.7 Å². The maximum absolute atomic E-state index is 13.3. The predicted octanol–water partition coefficient (Wildman–Crippen LogP) is 1.72. The first-order valence-corrected chi connectivity index (χ1v) is 8.33. The third-order valence-electron chi connectivity index (χ3n) is 4.28. The SMILES string of the molecule is CN1CC(F)(F)CC1C(=O)NCCOc1c[c]cc(-c2cnn(C)c2)c1. The van der Waals surface area contributed by atoms with Crippen LogP contribution in [0.2, 0.25) is 0 Å². The molecule has 0 saturated carbocycles. The van der Waals surface area contributed by atoms with Gasteiger partial charge < -0.3 is 10.1 Å². The fourth-order valence-electron chi connectivity index (χ4n) is 3.00. The quantitative estimate of drug-likeness (QED) is 0.794. The Hall–Kier alpha value is -2.48. The lowest BCUT2D eigenvalue weighted by molar-refractivity contribution is -0.125. The van der Waals surface area contributed by atoms with Crippen LogP contribution in [-0.4, -0.2) is 59.3 Å². The van der Waals surface area contributed by atoms with Gasteiger partial charge in [0.2, 0.25) is 5.91 Å². The van der Waals surface area contributed by atoms with Crippen LogP contribution in [0.4, 0.5) is 8.78 Å². The molecule has 1 fully saturated rings. The summed E-state index contributed by atoms with van der Waals surface area (Å²) in [5, 5.41) is 6.78. The summed E-state index contributed by atoms with van der Waals surface area (Å²) in [6.07, 6.45) is 3.19. The number of rotatable bonds is 6. The number of aryl methyl sites for hydroxylation is 1. The smallest absolute Gasteiger partial charge is 0.262 e. The van der Waals surface area contributed by atoms with Crippen LogP contribution in [0.3, 0.4) is 0 Å². The van der Waals surface area contributed by atoms with Crippen molar-refractivity contribution in [3.63, 3.8) is 0 Å². The fourth-order valence-corrected chi connectivity index (χ4v) is 3.00. The molecule has 2 aromatic rings. The zero-order chi connectivity index (χ0) is 18.7. The summed E-state index contributed by atoms with van der Waals surface area (Å²) < 4.78 is 34.0. The number of benzene rings is 1. The Bertz CT molecular complexity index is 778. The second-order valence-corrected chi connectivity index (χ2v) is 6.49. The molecular formula is C18H21F2N4O2. The van der Waals surface area contributed by atoms with Crippen molar-refractivity contribution in [2.24, 2.45) is 7.05 Å². The zero-order valence-electron chi connectivity index (χ0n) is 14.7. The number of ether oxygens (including phenoxy) is 1. The number of alkyl halides is 2. The van der Waals surface area contributed by atoms with E-state index in [2.05, 4.69) is 16.5 Å². The third kappa shape index (κ3) is 4.37. The highest BCUT2D eigenvalue weighted by Gasteiger charge is 2.46. The van der Waals surface area contributed by atoms with Crippen LogP contribution in [0.25, 0.3) is 11.1 Å². The number of hydrogen-bond donors (Lipinski definition) is 1. The standard InChI is InChI=1S/C18H21F2N4O2/c1-23-12-18(19,20)9-16(23)17(25)21-6-7-26-15-5-3-4-13(8-15)14-10-22-24(2)11-14/h4-5,8,10-11,16H,6-7,9,12H2,1-2H3,(H,21,25). The van der Waals surface area contributed by atoms with Gasteiger partial charge in [-0.3, -0.25) is 14.4 Å². The molecule has 1 aromatic carbocycles. The Morgan fingerprint density at radius 1 is 1.42 bits per heavy atom. The average Bonchev–Trinajstić information content (AvgIpc) is 3.14. The van der Waals surface area contributed by atoms with E-state index in [0.29, 0.717) is 5.75 Å². The van der Waals surface area contributed by atoms with Gasteiger partial charge in [0.15, 0.2) is 0 Å². The summed E-state index contributed by atoms with van der Waals surface area (Å²) in [6, 6.07) is 7.61. The first-order valence-electron chi connectivity index (χ1n) is 8.33. The Labute approximate surface area is 150 Å². The fraction of sp³-hybridized carbons (Fsp3) is 0.444. The number of likely N-dealkylation sites (N-methyl/N-ethyl adjacent to an activating group) is 1. The summed E-state index contributed by atoms with van der Waals surface area (Å²) in [5.41, 5.74) is 1.88. The first-order chi connectivity index (χ1) is 12.3. The van der Waals surface area contributed by atoms with Crippen molar-refractivity contribution < 1.29 is 18.3 Å². The number of nitrogens with zero attached hydrogens (tertiary/aromatic N) is 3. The summed E-state index contributed by atoms with van der Waals surface area (Å²) in [7, 11) is 3.37. The molecule has 1 aliphatic heterocycles. The first kappa shape index (κ1) is 18.3. The molecule has 1 unspecified atom stereocenters. The van der Waals surface area contributed by atoms with Crippen molar-refractivity contribution in [3.8, 4) is 16.9 Å². The molecule has 0 aliphatic carbocycles. The van der Waals surface area contributed by atoms with Crippen molar-refractivity contribution in [3.05, 3.63) is 36.7 Å². The van der Waals surface area contributed by atoms with Crippen LogP contribution in [0.1, 0.15) is 6.42 Å². The van der Waals surface area contributed by atoms with Crippen LogP contribution in [0, 0.1) is 6.07 Å². The zero-order valence-corrected chi connectivity index (χ0v) is 14.7. The van der Waals surface area contributed by atoms with E-state index in [1.807, 2.05) is 25.4 Å². The lowest BCUT2D eigenvalue weighted by atomic mass is 10.1. The van der Waals surface area contributed by atoms with Gasteiger partial charge in [-0.2, -0.15) is 5.10 Å². The van der Waals surface area contributed by atoms with Gasteiger partial charge >= 0.3 is 0 Å². The van der Waals surface area contributed by atoms with Gasteiger partial charge in [-0.25, -0.2) is 8.78 Å². The molecule has 1 saturated heterocycles. The number of hydrogen-bond acceptors (Lipinski definition) is 4. The van der Waals surface area contributed by atoms with Crippen LogP contribution in [-0.2, 0) is 11.8 Å². The van der Waals surface area contributed by atoms with Crippen LogP contribution >= 0.6 is 0 Å². The molecule has 1 aliphatic rings. The lowest BCUT2D eigenvalue weighted by Gasteiger charge is -2.17. The van der Waals surface area contributed by atoms with E-state index in [1.165, 1.54) is 11.9 Å². The average molecular weight is 363 g/mol. The van der Waals surface area contributed by atoms with Crippen LogP contribution in [0.15, 0.2) is 30.6 Å². The molecule has 139 valence electrons. The molecular weight excluding hydrogens is 342 g/mol. The van der Waals surface area contributed by atoms with E-state index < -0.39 is 30.8 Å². The monoisotopic (exact) mass is 363 g/mol. The number of amides is 1. The highest BCUT2D eigenvalue weighted by atomic mass is 19.3. The number of carbonyl (C=O) groups excluding carboxylic acids is 1. The molecule has 0 spiro atoms. The van der Waals surface area contributed by atoms with E-state index in [-0.39, 0.29) is 13.2 Å². The van der Waals surface area contributed by atoms with Gasteiger partial charge in [0.1, 0.15) is 12.4 Å². The van der Waals surface area contributed by atoms with E-state index >= 15 is 0 Å². The van der Waals surface area contributed by atoms with Crippen molar-refractivity contribution in [1.82, 2.24) is 20.0 Å². The predicted molar refractivity (Wildman–Crippen MR) is 92.0 cm³/mol. The van der Waals surface area contributed by atoms with Crippen LogP contribution in [0.5, 0.6) is 5.75 Å². The summed E-state index contributed by atoms with van der Waals surface area (Å²) in [4.78, 5) is 13.4. The minimum Gasteiger partial charge on any atom is -0.492 e. The van der Waals surface area contributed by atoms with Gasteiger partial charge in [-0.05, 0) is 36.9 Å². The number of nitrogens with one attached hydrogen (secondary N) is 1. The topological polar surface area (TPSA) is 59.4 Å². The molecule has 1 atom stereocenters. The maximum atomic E-state index is 13.3. The Morgan fingerprint density at radius 3 is 2.88 bits per heavy atom. The number of halogens is 2. The molecule has 0 bridgehead atoms. The van der Waals surface area contributed by atoms with Gasteiger partial charge in [-0.1, -0.05) is 0 Å². The maximum Gasteiger partial charge on any atom is 0.262 e. The summed E-state index contributed by atoms with van der Waals surface area (Å²) in [6.45, 7) is 0.0906. The summed E-state index contributed by atoms with van der Waals surface area (Å²) in [5.74, 6) is -2.59. The van der Waals surface area contributed by atoms with Gasteiger partial charge in [0.05, 0.1) is 25.3 Å². The molecule has 1 N–H and O–H groups in total. The Morgan fingerprint density at radius 2 is 2.23 bits per heavy atom. The summed E-state index contributed by atoms with van der Waals surface area (Å²) >= 11 is 0. The molecule has 8 heteroatoms. The minimum absolute atomic E-state index is 0.239. The molecule has 6 nitrogen and oxygen atoms in total. The molecule has 26 heavy (non-hydrogen) atoms. The number of aromatic nitrogens is 2. The van der Waals surface area contributed by atoms with Gasteiger partial charge in [-0.15, -0.1) is 0 Å². The number of carbonyl (C=O) groups is 1. The van der Waals surface area contributed by atoms with Crippen molar-refractivity contribution in [2.45, 2.75) is 18.4 Å². The molecule has 2 heterocycles. The highest BCUT2D eigenvalue weighted by Crippen LogP contribution is 2.30. The second-order valence-electron chi connectivity index (χ2n) is 6.49. The Kier molecular flexibility index (Phi) is 5.22. The molecule has 1 radical (unpaired) electrons. The van der Waals surface area contributed by atoms with Gasteiger partial charge in [0, 0.05) is 25.2 Å². The van der Waals surface area contributed by atoms with Crippen molar-refractivity contribution in [1.29, 1.82) is 0 Å². The molecule has 1 aromatic heterocycles. The normalized spacial score (nSPS) is 19.5. The van der Waals surface area contributed by atoms with E-state index in [9.17, 15) is 13.6 Å². The lowest BCUT2D eigenvalue weighted by Crippen LogP contribution is -2.42. The van der Waals surface area contributed by atoms with Gasteiger partial charge in [0.25, 0.3) is 5.92 Å². The van der Waals surface area contributed by atoms with E-state index in [1.54, 1.807) is 16.9 Å². The van der Waals surface area contributed by atoms with Crippen molar-refractivity contribution >= 4 is 5.91 Å².